The molecule has 0 aliphatic heterocycles. The molecule has 0 fully saturated rings. The minimum Gasteiger partial charge on any atom is -0.406 e. The normalized spacial score (nSPS) is 11.7. The maximum absolute atomic E-state index is 12.9. The Kier molecular flexibility index (Phi) is 6.45. The molecular weight excluding hydrogens is 445 g/mol. The van der Waals surface area contributed by atoms with Gasteiger partial charge in [-0.1, -0.05) is 23.8 Å². The van der Waals surface area contributed by atoms with E-state index >= 15 is 0 Å². The minimum atomic E-state index is -4.81. The third kappa shape index (κ3) is 5.58. The highest BCUT2D eigenvalue weighted by Gasteiger charge is 2.31. The Morgan fingerprint density at radius 1 is 0.969 bits per heavy atom. The second-order valence-corrected chi connectivity index (χ2v) is 8.83. The van der Waals surface area contributed by atoms with Crippen LogP contribution in [0.4, 0.5) is 24.5 Å². The van der Waals surface area contributed by atoms with E-state index in [9.17, 15) is 26.4 Å². The summed E-state index contributed by atoms with van der Waals surface area (Å²) in [4.78, 5) is 12.7. The van der Waals surface area contributed by atoms with Crippen molar-refractivity contribution in [3.8, 4) is 5.75 Å². The van der Waals surface area contributed by atoms with Crippen LogP contribution in [0, 0.1) is 6.92 Å². The Morgan fingerprint density at radius 2 is 1.59 bits per heavy atom. The van der Waals surface area contributed by atoms with E-state index in [4.69, 9.17) is 0 Å². The predicted octanol–water partition coefficient (Wildman–Crippen LogP) is 4.97. The van der Waals surface area contributed by atoms with Crippen molar-refractivity contribution in [1.82, 2.24) is 0 Å². The second kappa shape index (κ2) is 8.91. The number of benzene rings is 3. The number of hydrogen-bond acceptors (Lipinski definition) is 4. The van der Waals surface area contributed by atoms with E-state index in [2.05, 4.69) is 10.1 Å². The van der Waals surface area contributed by atoms with Gasteiger partial charge in [0.2, 0.25) is 0 Å². The van der Waals surface area contributed by atoms with Gasteiger partial charge in [-0.15, -0.1) is 13.2 Å². The summed E-state index contributed by atoms with van der Waals surface area (Å²) in [5.74, 6) is -0.974. The molecule has 0 saturated carbocycles. The number of hydrogen-bond donors (Lipinski definition) is 1. The van der Waals surface area contributed by atoms with E-state index in [1.165, 1.54) is 49.5 Å². The number of carbonyl (C=O) groups is 1. The molecule has 3 aromatic rings. The fraction of sp³-hybridized carbons (Fsp3) is 0.136. The fourth-order valence-electron chi connectivity index (χ4n) is 2.79. The highest BCUT2D eigenvalue weighted by Crippen LogP contribution is 2.26. The molecule has 0 unspecified atom stereocenters. The van der Waals surface area contributed by atoms with Gasteiger partial charge < -0.3 is 10.1 Å². The summed E-state index contributed by atoms with van der Waals surface area (Å²) in [7, 11) is -2.45. The summed E-state index contributed by atoms with van der Waals surface area (Å²) >= 11 is 0. The van der Waals surface area contributed by atoms with Crippen LogP contribution in [-0.4, -0.2) is 27.7 Å². The summed E-state index contributed by atoms with van der Waals surface area (Å²) in [5.41, 5.74) is 1.61. The number of anilines is 2. The summed E-state index contributed by atoms with van der Waals surface area (Å²) in [6, 6.07) is 17.0. The molecular formula is C22H19F3N2O4S. The number of aryl methyl sites for hydroxylation is 1. The molecule has 168 valence electrons. The molecule has 6 nitrogen and oxygen atoms in total. The standard InChI is InChI=1S/C22H19F3N2O4S/c1-15-6-12-20(13-7-15)32(29,30)27(2)18-5-3-4-16(14-18)21(28)26-17-8-10-19(11-9-17)31-22(23,24)25/h3-14H,1-2H3,(H,26,28). The van der Waals surface area contributed by atoms with Gasteiger partial charge in [-0.2, -0.15) is 0 Å². The number of sulfonamides is 1. The summed E-state index contributed by atoms with van der Waals surface area (Å²) in [5, 5.41) is 2.55. The average Bonchev–Trinajstić information content (AvgIpc) is 2.74. The Labute approximate surface area is 183 Å². The smallest absolute Gasteiger partial charge is 0.406 e. The van der Waals surface area contributed by atoms with Crippen molar-refractivity contribution in [2.24, 2.45) is 0 Å². The first-order valence-electron chi connectivity index (χ1n) is 9.28. The molecule has 0 saturated heterocycles. The van der Waals surface area contributed by atoms with E-state index < -0.39 is 28.0 Å². The van der Waals surface area contributed by atoms with Crippen LogP contribution in [0.25, 0.3) is 0 Å². The largest absolute Gasteiger partial charge is 0.573 e. The lowest BCUT2D eigenvalue weighted by molar-refractivity contribution is -0.274. The predicted molar refractivity (Wildman–Crippen MR) is 114 cm³/mol. The highest BCUT2D eigenvalue weighted by atomic mass is 32.2. The van der Waals surface area contributed by atoms with Crippen molar-refractivity contribution in [3.63, 3.8) is 0 Å². The van der Waals surface area contributed by atoms with Crippen LogP contribution >= 0.6 is 0 Å². The topological polar surface area (TPSA) is 75.7 Å². The molecule has 32 heavy (non-hydrogen) atoms. The number of halogens is 3. The van der Waals surface area contributed by atoms with Crippen molar-refractivity contribution in [1.29, 1.82) is 0 Å². The minimum absolute atomic E-state index is 0.113. The lowest BCUT2D eigenvalue weighted by Gasteiger charge is -2.20. The van der Waals surface area contributed by atoms with Crippen LogP contribution in [0.15, 0.2) is 77.7 Å². The Hall–Kier alpha value is -3.53. The Bertz CT molecular complexity index is 1210. The number of nitrogens with one attached hydrogen (secondary N) is 1. The molecule has 0 aliphatic rings. The monoisotopic (exact) mass is 464 g/mol. The first-order valence-corrected chi connectivity index (χ1v) is 10.7. The van der Waals surface area contributed by atoms with Crippen molar-refractivity contribution in [2.75, 3.05) is 16.7 Å². The summed E-state index contributed by atoms with van der Waals surface area (Å²) in [6.07, 6.45) is -4.81. The van der Waals surface area contributed by atoms with E-state index in [1.54, 1.807) is 18.2 Å². The van der Waals surface area contributed by atoms with Gasteiger partial charge in [-0.05, 0) is 61.5 Å². The van der Waals surface area contributed by atoms with Gasteiger partial charge in [0.25, 0.3) is 15.9 Å². The molecule has 0 radical (unpaired) electrons. The van der Waals surface area contributed by atoms with Gasteiger partial charge in [-0.3, -0.25) is 9.10 Å². The lowest BCUT2D eigenvalue weighted by atomic mass is 10.2. The third-order valence-electron chi connectivity index (χ3n) is 4.50. The van der Waals surface area contributed by atoms with E-state index in [0.29, 0.717) is 0 Å². The van der Waals surface area contributed by atoms with Gasteiger partial charge in [0.1, 0.15) is 5.75 Å². The molecule has 1 N–H and O–H groups in total. The summed E-state index contributed by atoms with van der Waals surface area (Å²) < 4.78 is 67.4. The number of carbonyl (C=O) groups excluding carboxylic acids is 1. The molecule has 0 atom stereocenters. The zero-order chi connectivity index (χ0) is 23.5. The first-order chi connectivity index (χ1) is 15.0. The molecule has 0 heterocycles. The van der Waals surface area contributed by atoms with Crippen molar-refractivity contribution in [2.45, 2.75) is 18.2 Å². The van der Waals surface area contributed by atoms with Crippen LogP contribution in [-0.2, 0) is 10.0 Å². The van der Waals surface area contributed by atoms with Crippen LogP contribution in [0.5, 0.6) is 5.75 Å². The quantitative estimate of drug-likeness (QED) is 0.559. The van der Waals surface area contributed by atoms with Gasteiger partial charge >= 0.3 is 6.36 Å². The third-order valence-corrected chi connectivity index (χ3v) is 6.30. The molecule has 10 heteroatoms. The van der Waals surface area contributed by atoms with Crippen LogP contribution in [0.1, 0.15) is 15.9 Å². The van der Waals surface area contributed by atoms with E-state index in [1.807, 2.05) is 6.92 Å². The van der Waals surface area contributed by atoms with Gasteiger partial charge in [0.05, 0.1) is 10.6 Å². The van der Waals surface area contributed by atoms with Crippen LogP contribution < -0.4 is 14.4 Å². The summed E-state index contributed by atoms with van der Waals surface area (Å²) in [6.45, 7) is 1.85. The van der Waals surface area contributed by atoms with Crippen LogP contribution in [0.2, 0.25) is 0 Å². The maximum Gasteiger partial charge on any atom is 0.573 e. The first kappa shape index (κ1) is 23.1. The fourth-order valence-corrected chi connectivity index (χ4v) is 3.98. The molecule has 0 spiro atoms. The zero-order valence-electron chi connectivity index (χ0n) is 17.1. The molecule has 0 aromatic heterocycles. The zero-order valence-corrected chi connectivity index (χ0v) is 17.9. The number of ether oxygens (including phenoxy) is 1. The van der Waals surface area contributed by atoms with Gasteiger partial charge in [0, 0.05) is 18.3 Å². The Morgan fingerprint density at radius 3 is 2.19 bits per heavy atom. The number of rotatable bonds is 6. The SMILES string of the molecule is Cc1ccc(S(=O)(=O)N(C)c2cccc(C(=O)Nc3ccc(OC(F)(F)F)cc3)c2)cc1. The van der Waals surface area contributed by atoms with Crippen molar-refractivity contribution < 1.29 is 31.1 Å². The molecule has 3 rings (SSSR count). The van der Waals surface area contributed by atoms with E-state index in [0.717, 1.165) is 22.0 Å². The van der Waals surface area contributed by atoms with Crippen molar-refractivity contribution in [3.05, 3.63) is 83.9 Å². The maximum atomic E-state index is 12.9. The van der Waals surface area contributed by atoms with Gasteiger partial charge in [0.15, 0.2) is 0 Å². The second-order valence-electron chi connectivity index (χ2n) is 6.86. The molecule has 1 amide bonds. The van der Waals surface area contributed by atoms with Crippen molar-refractivity contribution >= 4 is 27.3 Å². The average molecular weight is 464 g/mol. The van der Waals surface area contributed by atoms with E-state index in [-0.39, 0.29) is 21.8 Å². The Balaban J connectivity index is 1.76. The van der Waals surface area contributed by atoms with Crippen LogP contribution in [0.3, 0.4) is 0 Å². The lowest BCUT2D eigenvalue weighted by Crippen LogP contribution is -2.26. The highest BCUT2D eigenvalue weighted by molar-refractivity contribution is 7.92. The molecule has 0 aliphatic carbocycles. The number of amides is 1. The number of alkyl halides is 3. The number of nitrogens with zero attached hydrogens (tertiary/aromatic N) is 1. The molecule has 0 bridgehead atoms. The molecule has 3 aromatic carbocycles. The van der Waals surface area contributed by atoms with Gasteiger partial charge in [-0.25, -0.2) is 8.42 Å².